The summed E-state index contributed by atoms with van der Waals surface area (Å²) in [6.07, 6.45) is 8.87. The van der Waals surface area contributed by atoms with Gasteiger partial charge in [-0.3, -0.25) is 9.48 Å². The van der Waals surface area contributed by atoms with Gasteiger partial charge >= 0.3 is 5.97 Å². The summed E-state index contributed by atoms with van der Waals surface area (Å²) in [5, 5.41) is 13.8. The van der Waals surface area contributed by atoms with Gasteiger partial charge in [0, 0.05) is 63.7 Å². The molecule has 1 fully saturated rings. The van der Waals surface area contributed by atoms with E-state index in [0.717, 1.165) is 18.8 Å². The first-order chi connectivity index (χ1) is 12.0. The van der Waals surface area contributed by atoms with Gasteiger partial charge in [0.05, 0.1) is 0 Å². The second-order valence-electron chi connectivity index (χ2n) is 6.44. The highest BCUT2D eigenvalue weighted by Gasteiger charge is 2.44. The fourth-order valence-electron chi connectivity index (χ4n) is 3.39. The zero-order chi connectivity index (χ0) is 17.9. The lowest BCUT2D eigenvalue weighted by Gasteiger charge is -2.39. The lowest BCUT2D eigenvalue weighted by molar-refractivity contribution is -0.153. The van der Waals surface area contributed by atoms with Crippen molar-refractivity contribution in [3.8, 4) is 0 Å². The van der Waals surface area contributed by atoms with Gasteiger partial charge in [0.2, 0.25) is 5.91 Å². The van der Waals surface area contributed by atoms with E-state index in [2.05, 4.69) is 10.1 Å². The number of aromatic nitrogens is 4. The minimum absolute atomic E-state index is 0.0808. The van der Waals surface area contributed by atoms with Gasteiger partial charge < -0.3 is 14.6 Å². The van der Waals surface area contributed by atoms with Crippen molar-refractivity contribution in [1.29, 1.82) is 0 Å². The predicted molar refractivity (Wildman–Crippen MR) is 89.8 cm³/mol. The molecule has 0 saturated carbocycles. The number of rotatable bonds is 6. The minimum Gasteiger partial charge on any atom is -0.479 e. The standard InChI is InChI=1S/C17H23N5O3/c1-14-18-8-13-20(14)9-2-4-15(23)21-11-5-17(6-12-21,16(24)25)22-10-3-7-19-22/h3,7-8,10,13H,2,4-6,9,11-12H2,1H3,(H,24,25). The number of aryl methyl sites for hydroxylation is 2. The van der Waals surface area contributed by atoms with E-state index >= 15 is 0 Å². The van der Waals surface area contributed by atoms with Gasteiger partial charge in [0.1, 0.15) is 5.82 Å². The molecule has 1 amide bonds. The van der Waals surface area contributed by atoms with Crippen LogP contribution in [0.1, 0.15) is 31.5 Å². The lowest BCUT2D eigenvalue weighted by Crippen LogP contribution is -2.52. The number of carbonyl (C=O) groups is 2. The summed E-state index contributed by atoms with van der Waals surface area (Å²) in [5.41, 5.74) is -1.05. The molecule has 1 N–H and O–H groups in total. The Morgan fingerprint density at radius 3 is 2.56 bits per heavy atom. The molecule has 1 saturated heterocycles. The maximum absolute atomic E-state index is 12.4. The zero-order valence-corrected chi connectivity index (χ0v) is 14.3. The Kier molecular flexibility index (Phi) is 4.87. The molecule has 0 spiro atoms. The number of aliphatic carboxylic acids is 1. The number of carboxylic acids is 1. The largest absolute Gasteiger partial charge is 0.479 e. The van der Waals surface area contributed by atoms with Crippen LogP contribution in [0.25, 0.3) is 0 Å². The molecule has 2 aromatic heterocycles. The highest BCUT2D eigenvalue weighted by Crippen LogP contribution is 2.30. The maximum atomic E-state index is 12.4. The minimum atomic E-state index is -1.05. The van der Waals surface area contributed by atoms with Crippen LogP contribution in [0.3, 0.4) is 0 Å². The van der Waals surface area contributed by atoms with E-state index in [4.69, 9.17) is 0 Å². The van der Waals surface area contributed by atoms with E-state index in [1.165, 1.54) is 4.68 Å². The van der Waals surface area contributed by atoms with Crippen LogP contribution in [-0.4, -0.2) is 54.3 Å². The third-order valence-electron chi connectivity index (χ3n) is 5.00. The van der Waals surface area contributed by atoms with Gasteiger partial charge in [-0.2, -0.15) is 5.10 Å². The molecule has 0 atom stereocenters. The first-order valence-electron chi connectivity index (χ1n) is 8.52. The van der Waals surface area contributed by atoms with Crippen molar-refractivity contribution < 1.29 is 14.7 Å². The van der Waals surface area contributed by atoms with Crippen LogP contribution in [0.2, 0.25) is 0 Å². The van der Waals surface area contributed by atoms with Gasteiger partial charge in [-0.1, -0.05) is 0 Å². The van der Waals surface area contributed by atoms with Gasteiger partial charge in [-0.05, 0) is 19.4 Å². The molecule has 2 aromatic rings. The van der Waals surface area contributed by atoms with Crippen LogP contribution in [0.15, 0.2) is 30.9 Å². The quantitative estimate of drug-likeness (QED) is 0.851. The second kappa shape index (κ2) is 7.08. The van der Waals surface area contributed by atoms with Crippen LogP contribution in [0.5, 0.6) is 0 Å². The van der Waals surface area contributed by atoms with Gasteiger partial charge in [0.25, 0.3) is 0 Å². The predicted octanol–water partition coefficient (Wildman–Crippen LogP) is 1.27. The van der Waals surface area contributed by atoms with Gasteiger partial charge in [-0.15, -0.1) is 0 Å². The number of hydrogen-bond acceptors (Lipinski definition) is 4. The summed E-state index contributed by atoms with van der Waals surface area (Å²) >= 11 is 0. The topological polar surface area (TPSA) is 93.3 Å². The Balaban J connectivity index is 1.53. The summed E-state index contributed by atoms with van der Waals surface area (Å²) in [5.74, 6) is 0.131. The molecule has 8 nitrogen and oxygen atoms in total. The normalized spacial score (nSPS) is 16.8. The average Bonchev–Trinajstić information content (AvgIpc) is 3.27. The molecular weight excluding hydrogens is 322 g/mol. The fraction of sp³-hybridized carbons (Fsp3) is 0.529. The molecule has 0 unspecified atom stereocenters. The molecule has 1 aliphatic heterocycles. The average molecular weight is 345 g/mol. The number of carboxylic acid groups (broad SMARTS) is 1. The molecule has 0 aromatic carbocycles. The van der Waals surface area contributed by atoms with E-state index < -0.39 is 11.5 Å². The van der Waals surface area contributed by atoms with E-state index in [1.807, 2.05) is 17.7 Å². The van der Waals surface area contributed by atoms with E-state index in [1.54, 1.807) is 29.6 Å². The third kappa shape index (κ3) is 3.42. The zero-order valence-electron chi connectivity index (χ0n) is 14.3. The van der Waals surface area contributed by atoms with E-state index in [-0.39, 0.29) is 5.91 Å². The molecule has 134 valence electrons. The lowest BCUT2D eigenvalue weighted by atomic mass is 9.87. The number of likely N-dealkylation sites (tertiary alicyclic amines) is 1. The second-order valence-corrected chi connectivity index (χ2v) is 6.44. The van der Waals surface area contributed by atoms with Crippen molar-refractivity contribution in [1.82, 2.24) is 24.2 Å². The van der Waals surface area contributed by atoms with Crippen LogP contribution in [0.4, 0.5) is 0 Å². The number of amides is 1. The number of carbonyl (C=O) groups excluding carboxylic acids is 1. The van der Waals surface area contributed by atoms with E-state index in [0.29, 0.717) is 32.4 Å². The maximum Gasteiger partial charge on any atom is 0.331 e. The summed E-state index contributed by atoms with van der Waals surface area (Å²) in [7, 11) is 0. The van der Waals surface area contributed by atoms with Crippen molar-refractivity contribution in [2.75, 3.05) is 13.1 Å². The fourth-order valence-corrected chi connectivity index (χ4v) is 3.39. The van der Waals surface area contributed by atoms with Gasteiger partial charge in [-0.25, -0.2) is 9.78 Å². The Hall–Kier alpha value is -2.64. The summed E-state index contributed by atoms with van der Waals surface area (Å²) in [6, 6.07) is 1.72. The Morgan fingerprint density at radius 2 is 2.00 bits per heavy atom. The Bertz CT molecular complexity index is 729. The van der Waals surface area contributed by atoms with Crippen LogP contribution in [-0.2, 0) is 21.7 Å². The molecule has 3 rings (SSSR count). The Morgan fingerprint density at radius 1 is 1.24 bits per heavy atom. The summed E-state index contributed by atoms with van der Waals surface area (Å²) in [4.78, 5) is 30.2. The van der Waals surface area contributed by atoms with Crippen molar-refractivity contribution in [3.05, 3.63) is 36.7 Å². The SMILES string of the molecule is Cc1nccn1CCCC(=O)N1CCC(C(=O)O)(n2cccn2)CC1. The highest BCUT2D eigenvalue weighted by atomic mass is 16.4. The van der Waals surface area contributed by atoms with Crippen LogP contribution >= 0.6 is 0 Å². The Labute approximate surface area is 146 Å². The number of hydrogen-bond donors (Lipinski definition) is 1. The molecule has 3 heterocycles. The van der Waals surface area contributed by atoms with Crippen molar-refractivity contribution in [3.63, 3.8) is 0 Å². The van der Waals surface area contributed by atoms with E-state index in [9.17, 15) is 14.7 Å². The highest BCUT2D eigenvalue weighted by molar-refractivity contribution is 5.79. The molecular formula is C17H23N5O3. The molecule has 0 aliphatic carbocycles. The number of imidazole rings is 1. The third-order valence-corrected chi connectivity index (χ3v) is 5.00. The number of nitrogens with zero attached hydrogens (tertiary/aromatic N) is 5. The smallest absolute Gasteiger partial charge is 0.331 e. The van der Waals surface area contributed by atoms with Crippen LogP contribution in [0, 0.1) is 6.92 Å². The van der Waals surface area contributed by atoms with Crippen molar-refractivity contribution >= 4 is 11.9 Å². The molecule has 0 radical (unpaired) electrons. The molecule has 8 heteroatoms. The van der Waals surface area contributed by atoms with Crippen molar-refractivity contribution in [2.24, 2.45) is 0 Å². The summed E-state index contributed by atoms with van der Waals surface area (Å²) in [6.45, 7) is 3.58. The first-order valence-corrected chi connectivity index (χ1v) is 8.52. The van der Waals surface area contributed by atoms with Crippen molar-refractivity contribution in [2.45, 2.75) is 44.7 Å². The monoisotopic (exact) mass is 345 g/mol. The molecule has 1 aliphatic rings. The van der Waals surface area contributed by atoms with Crippen LogP contribution < -0.4 is 0 Å². The molecule has 25 heavy (non-hydrogen) atoms. The van der Waals surface area contributed by atoms with Gasteiger partial charge in [0.15, 0.2) is 5.54 Å². The number of piperidine rings is 1. The summed E-state index contributed by atoms with van der Waals surface area (Å²) < 4.78 is 3.54. The first kappa shape index (κ1) is 17.2. The molecule has 0 bridgehead atoms.